The molecule has 0 aliphatic carbocycles. The number of fused-ring (bicyclic) bond motifs is 1. The van der Waals surface area contributed by atoms with Gasteiger partial charge in [-0.3, -0.25) is 14.5 Å². The summed E-state index contributed by atoms with van der Waals surface area (Å²) in [6.45, 7) is 3.86. The van der Waals surface area contributed by atoms with Gasteiger partial charge in [0.05, 0.1) is 36.1 Å². The van der Waals surface area contributed by atoms with E-state index < -0.39 is 11.8 Å². The van der Waals surface area contributed by atoms with Crippen LogP contribution in [0.2, 0.25) is 0 Å². The van der Waals surface area contributed by atoms with Crippen molar-refractivity contribution >= 4 is 28.4 Å². The van der Waals surface area contributed by atoms with Crippen molar-refractivity contribution in [2.75, 3.05) is 12.4 Å². The van der Waals surface area contributed by atoms with Gasteiger partial charge in [0.2, 0.25) is 11.9 Å². The highest BCUT2D eigenvalue weighted by atomic mass is 16.5. The van der Waals surface area contributed by atoms with Gasteiger partial charge < -0.3 is 20.8 Å². The molecule has 0 bridgehead atoms. The number of hydrogen-bond donors (Lipinski definition) is 3. The summed E-state index contributed by atoms with van der Waals surface area (Å²) in [6, 6.07) is 1.90. The third-order valence-electron chi connectivity index (χ3n) is 5.17. The maximum atomic E-state index is 11.9. The molecule has 1 atom stereocenters. The number of anilines is 2. The highest BCUT2D eigenvalue weighted by Gasteiger charge is 2.22. The number of H-pyrrole nitrogens is 1. The number of primary amides is 1. The number of nitrogens with zero attached hydrogens (tertiary/aromatic N) is 5. The number of aryl methyl sites for hydroxylation is 2. The van der Waals surface area contributed by atoms with E-state index in [1.54, 1.807) is 30.4 Å². The number of aromatic nitrogens is 6. The summed E-state index contributed by atoms with van der Waals surface area (Å²) < 4.78 is 6.93. The Morgan fingerprint density at radius 2 is 2.19 bits per heavy atom. The van der Waals surface area contributed by atoms with E-state index in [0.29, 0.717) is 29.6 Å². The molecule has 10 heteroatoms. The summed E-state index contributed by atoms with van der Waals surface area (Å²) in [5.41, 5.74) is 10.2. The van der Waals surface area contributed by atoms with Crippen LogP contribution in [0.3, 0.4) is 0 Å². The van der Waals surface area contributed by atoms with Crippen molar-refractivity contribution in [1.29, 1.82) is 0 Å². The van der Waals surface area contributed by atoms with Crippen molar-refractivity contribution in [2.24, 2.45) is 12.8 Å². The topological polar surface area (TPSA) is 137 Å². The average Bonchev–Trinajstić information content (AvgIpc) is 3.33. The molecule has 4 aromatic rings. The Bertz CT molecular complexity index is 1260. The molecule has 0 aliphatic heterocycles. The molecular formula is C21H24N8O2. The first-order valence-electron chi connectivity index (χ1n) is 9.86. The van der Waals surface area contributed by atoms with E-state index in [1.165, 1.54) is 0 Å². The molecule has 10 nitrogen and oxygen atoms in total. The fourth-order valence-corrected chi connectivity index (χ4v) is 3.67. The Labute approximate surface area is 178 Å². The van der Waals surface area contributed by atoms with Crippen LogP contribution >= 0.6 is 0 Å². The van der Waals surface area contributed by atoms with Gasteiger partial charge in [0.1, 0.15) is 5.69 Å². The first kappa shape index (κ1) is 20.3. The maximum absolute atomic E-state index is 11.9. The number of carbonyl (C=O) groups excluding carboxylic acids is 1. The quantitative estimate of drug-likeness (QED) is 0.418. The van der Waals surface area contributed by atoms with E-state index in [-0.39, 0.29) is 0 Å². The van der Waals surface area contributed by atoms with Gasteiger partial charge in [0.15, 0.2) is 0 Å². The lowest BCUT2D eigenvalue weighted by Crippen LogP contribution is -2.21. The molecule has 0 aliphatic rings. The summed E-state index contributed by atoms with van der Waals surface area (Å²) in [5.74, 6) is 0.0120. The zero-order valence-corrected chi connectivity index (χ0v) is 17.8. The van der Waals surface area contributed by atoms with Crippen LogP contribution in [-0.2, 0) is 11.8 Å². The van der Waals surface area contributed by atoms with Crippen LogP contribution in [0.25, 0.3) is 22.2 Å². The Kier molecular flexibility index (Phi) is 5.28. The number of nitrogens with one attached hydrogen (secondary N) is 2. The van der Waals surface area contributed by atoms with Crippen LogP contribution in [0.4, 0.5) is 11.6 Å². The second kappa shape index (κ2) is 8.05. The van der Waals surface area contributed by atoms with Gasteiger partial charge in [-0.1, -0.05) is 6.92 Å². The lowest BCUT2D eigenvalue weighted by molar-refractivity contribution is -0.119. The molecular weight excluding hydrogens is 396 g/mol. The monoisotopic (exact) mass is 420 g/mol. The van der Waals surface area contributed by atoms with Crippen LogP contribution in [-0.4, -0.2) is 42.7 Å². The molecule has 1 unspecified atom stereocenters. The largest absolute Gasteiger partial charge is 0.478 e. The van der Waals surface area contributed by atoms with Gasteiger partial charge in [0.25, 0.3) is 5.88 Å². The molecule has 0 radical (unpaired) electrons. The van der Waals surface area contributed by atoms with E-state index in [9.17, 15) is 4.79 Å². The summed E-state index contributed by atoms with van der Waals surface area (Å²) in [4.78, 5) is 28.7. The number of nitrogens with two attached hydrogens (primary N) is 1. The normalized spacial score (nSPS) is 12.1. The summed E-state index contributed by atoms with van der Waals surface area (Å²) in [7, 11) is 3.37. The van der Waals surface area contributed by atoms with E-state index in [1.807, 2.05) is 33.2 Å². The van der Waals surface area contributed by atoms with Gasteiger partial charge in [-0.25, -0.2) is 9.97 Å². The number of pyridine rings is 1. The number of ether oxygens (including phenoxy) is 1. The van der Waals surface area contributed by atoms with Crippen LogP contribution in [0, 0.1) is 6.92 Å². The Morgan fingerprint density at radius 1 is 1.39 bits per heavy atom. The van der Waals surface area contributed by atoms with Gasteiger partial charge in [-0.15, -0.1) is 5.10 Å². The van der Waals surface area contributed by atoms with Crippen molar-refractivity contribution in [3.63, 3.8) is 0 Å². The number of rotatable bonds is 7. The standard InChI is InChI=1S/C21H24N8O2/c1-5-12(19(22)30)17-18-13(6-7-23-17)14(9-24-18)16-11(2)8-25-21(27-16)26-15-10-29(3)28-20(15)31-4/h6-10,12,24H,5H2,1-4H3,(H2,22,30)(H,25,26,27). The highest BCUT2D eigenvalue weighted by Crippen LogP contribution is 2.34. The van der Waals surface area contributed by atoms with Crippen LogP contribution < -0.4 is 15.8 Å². The number of methoxy groups -OCH3 is 1. The Morgan fingerprint density at radius 3 is 2.90 bits per heavy atom. The minimum Gasteiger partial charge on any atom is -0.478 e. The Hall–Kier alpha value is -3.95. The van der Waals surface area contributed by atoms with Crippen LogP contribution in [0.5, 0.6) is 5.88 Å². The third-order valence-corrected chi connectivity index (χ3v) is 5.17. The molecule has 4 rings (SSSR count). The fourth-order valence-electron chi connectivity index (χ4n) is 3.67. The van der Waals surface area contributed by atoms with Crippen molar-refractivity contribution < 1.29 is 9.53 Å². The third kappa shape index (κ3) is 3.67. The van der Waals surface area contributed by atoms with Crippen molar-refractivity contribution in [3.05, 3.63) is 42.1 Å². The maximum Gasteiger partial charge on any atom is 0.256 e. The predicted octanol–water partition coefficient (Wildman–Crippen LogP) is 2.79. The molecule has 0 fully saturated rings. The van der Waals surface area contributed by atoms with Crippen LogP contribution in [0.1, 0.15) is 30.5 Å². The number of aromatic amines is 1. The second-order valence-corrected chi connectivity index (χ2v) is 7.26. The second-order valence-electron chi connectivity index (χ2n) is 7.26. The van der Waals surface area contributed by atoms with E-state index in [0.717, 1.165) is 27.7 Å². The van der Waals surface area contributed by atoms with Gasteiger partial charge >= 0.3 is 0 Å². The molecule has 4 N–H and O–H groups in total. The number of amides is 1. The summed E-state index contributed by atoms with van der Waals surface area (Å²) >= 11 is 0. The smallest absolute Gasteiger partial charge is 0.256 e. The molecule has 160 valence electrons. The molecule has 0 saturated carbocycles. The average molecular weight is 420 g/mol. The Balaban J connectivity index is 1.78. The van der Waals surface area contributed by atoms with Gasteiger partial charge in [0, 0.05) is 36.6 Å². The zero-order valence-electron chi connectivity index (χ0n) is 17.8. The fraction of sp³-hybridized carbons (Fsp3) is 0.286. The van der Waals surface area contributed by atoms with Gasteiger partial charge in [-0.05, 0) is 25.0 Å². The molecule has 4 aromatic heterocycles. The zero-order chi connectivity index (χ0) is 22.1. The van der Waals surface area contributed by atoms with E-state index in [4.69, 9.17) is 15.5 Å². The minimum absolute atomic E-state index is 0.395. The van der Waals surface area contributed by atoms with Crippen molar-refractivity contribution in [2.45, 2.75) is 26.2 Å². The SMILES string of the molecule is CCC(C(N)=O)c1nccc2c(-c3nc(Nc4cn(C)nc4OC)ncc3C)c[nH]c12. The first-order valence-corrected chi connectivity index (χ1v) is 9.86. The van der Waals surface area contributed by atoms with E-state index >= 15 is 0 Å². The summed E-state index contributed by atoms with van der Waals surface area (Å²) in [5, 5.41) is 8.31. The van der Waals surface area contributed by atoms with Crippen molar-refractivity contribution in [1.82, 2.24) is 29.7 Å². The molecule has 4 heterocycles. The molecule has 0 saturated heterocycles. The predicted molar refractivity (Wildman–Crippen MR) is 117 cm³/mol. The van der Waals surface area contributed by atoms with Gasteiger partial charge in [-0.2, -0.15) is 0 Å². The van der Waals surface area contributed by atoms with Crippen molar-refractivity contribution in [3.8, 4) is 17.1 Å². The molecule has 1 amide bonds. The number of carbonyl (C=O) groups is 1. The molecule has 0 aromatic carbocycles. The number of hydrogen-bond acceptors (Lipinski definition) is 7. The minimum atomic E-state index is -0.461. The lowest BCUT2D eigenvalue weighted by Gasteiger charge is -2.11. The van der Waals surface area contributed by atoms with E-state index in [2.05, 4.69) is 25.4 Å². The van der Waals surface area contributed by atoms with Crippen LogP contribution in [0.15, 0.2) is 30.9 Å². The highest BCUT2D eigenvalue weighted by molar-refractivity contribution is 5.98. The lowest BCUT2D eigenvalue weighted by atomic mass is 9.98. The first-order chi connectivity index (χ1) is 14.9. The molecule has 0 spiro atoms. The summed E-state index contributed by atoms with van der Waals surface area (Å²) in [6.07, 6.45) is 7.68. The molecule has 31 heavy (non-hydrogen) atoms.